The van der Waals surface area contributed by atoms with Crippen molar-refractivity contribution < 1.29 is 9.59 Å². The normalized spacial score (nSPS) is 19.1. The smallest absolute Gasteiger partial charge is 0.290 e. The van der Waals surface area contributed by atoms with E-state index in [2.05, 4.69) is 5.32 Å². The number of amides is 2. The van der Waals surface area contributed by atoms with Crippen molar-refractivity contribution in [2.75, 3.05) is 17.7 Å². The van der Waals surface area contributed by atoms with Crippen molar-refractivity contribution in [2.24, 2.45) is 0 Å². The molecular formula is C13H15ClN2O2S. The predicted molar refractivity (Wildman–Crippen MR) is 78.7 cm³/mol. The van der Waals surface area contributed by atoms with E-state index in [1.807, 2.05) is 32.0 Å². The van der Waals surface area contributed by atoms with Crippen molar-refractivity contribution in [3.8, 4) is 0 Å². The van der Waals surface area contributed by atoms with Crippen LogP contribution in [0.3, 0.4) is 0 Å². The van der Waals surface area contributed by atoms with Crippen molar-refractivity contribution in [1.82, 2.24) is 4.90 Å². The Balaban J connectivity index is 2.12. The molecule has 1 aromatic rings. The van der Waals surface area contributed by atoms with E-state index in [-0.39, 0.29) is 23.6 Å². The van der Waals surface area contributed by atoms with E-state index < -0.39 is 5.37 Å². The first kappa shape index (κ1) is 14.2. The molecule has 1 heterocycles. The third-order valence-electron chi connectivity index (χ3n) is 2.91. The van der Waals surface area contributed by atoms with Crippen molar-refractivity contribution in [3.63, 3.8) is 0 Å². The highest BCUT2D eigenvalue weighted by Crippen LogP contribution is 2.29. The van der Waals surface area contributed by atoms with Gasteiger partial charge in [0.2, 0.25) is 0 Å². The second-order valence-corrected chi connectivity index (χ2v) is 5.84. The summed E-state index contributed by atoms with van der Waals surface area (Å²) in [6.07, 6.45) is 0. The number of aryl methyl sites for hydroxylation is 2. The summed E-state index contributed by atoms with van der Waals surface area (Å²) in [7, 11) is 0. The van der Waals surface area contributed by atoms with Gasteiger partial charge in [-0.15, -0.1) is 11.6 Å². The number of halogens is 1. The van der Waals surface area contributed by atoms with Crippen LogP contribution in [0.1, 0.15) is 11.1 Å². The van der Waals surface area contributed by atoms with Crippen molar-refractivity contribution in [2.45, 2.75) is 19.2 Å². The molecule has 0 saturated carbocycles. The summed E-state index contributed by atoms with van der Waals surface area (Å²) in [5.41, 5.74) is 3.09. The molecule has 102 valence electrons. The molecule has 1 atom stereocenters. The van der Waals surface area contributed by atoms with Crippen LogP contribution >= 0.6 is 23.4 Å². The first-order valence-corrected chi connectivity index (χ1v) is 7.36. The van der Waals surface area contributed by atoms with Gasteiger partial charge in [-0.25, -0.2) is 0 Å². The number of carbonyl (C=O) groups excluding carboxylic acids is 2. The van der Waals surface area contributed by atoms with Crippen LogP contribution in [0.25, 0.3) is 0 Å². The van der Waals surface area contributed by atoms with E-state index in [1.54, 1.807) is 0 Å². The van der Waals surface area contributed by atoms with E-state index >= 15 is 0 Å². The summed E-state index contributed by atoms with van der Waals surface area (Å²) in [5.74, 6) is 0.0320. The van der Waals surface area contributed by atoms with Gasteiger partial charge in [-0.3, -0.25) is 14.5 Å². The van der Waals surface area contributed by atoms with Crippen LogP contribution < -0.4 is 5.32 Å². The molecule has 0 aromatic heterocycles. The minimum atomic E-state index is -0.558. The third-order valence-corrected chi connectivity index (χ3v) is 4.05. The largest absolute Gasteiger partial charge is 0.365 e. The number of imide groups is 1. The Morgan fingerprint density at radius 3 is 2.74 bits per heavy atom. The maximum atomic E-state index is 12.1. The molecule has 0 aliphatic carbocycles. The molecule has 1 fully saturated rings. The number of anilines is 1. The summed E-state index contributed by atoms with van der Waals surface area (Å²) >= 11 is 6.58. The van der Waals surface area contributed by atoms with Gasteiger partial charge in [-0.1, -0.05) is 17.7 Å². The molecule has 0 radical (unpaired) electrons. The SMILES string of the molecule is Cc1ccc(N[C@@H]2SC(=O)N(CCCl)C2=O)c(C)c1. The van der Waals surface area contributed by atoms with Gasteiger partial charge >= 0.3 is 0 Å². The summed E-state index contributed by atoms with van der Waals surface area (Å²) in [4.78, 5) is 24.9. The lowest BCUT2D eigenvalue weighted by molar-refractivity contribution is -0.126. The van der Waals surface area contributed by atoms with Crippen LogP contribution in [0.15, 0.2) is 18.2 Å². The van der Waals surface area contributed by atoms with E-state index in [0.29, 0.717) is 0 Å². The predicted octanol–water partition coefficient (Wildman–Crippen LogP) is 2.98. The number of hydrogen-bond donors (Lipinski definition) is 1. The fraction of sp³-hybridized carbons (Fsp3) is 0.385. The van der Waals surface area contributed by atoms with Gasteiger partial charge in [-0.2, -0.15) is 0 Å². The molecule has 1 aromatic carbocycles. The molecule has 1 N–H and O–H groups in total. The summed E-state index contributed by atoms with van der Waals surface area (Å²) in [6, 6.07) is 5.93. The van der Waals surface area contributed by atoms with Gasteiger partial charge in [-0.05, 0) is 37.2 Å². The molecule has 19 heavy (non-hydrogen) atoms. The number of thioether (sulfide) groups is 1. The Labute approximate surface area is 121 Å². The maximum Gasteiger partial charge on any atom is 0.290 e. The molecule has 0 spiro atoms. The summed E-state index contributed by atoms with van der Waals surface area (Å²) in [6.45, 7) is 4.24. The van der Waals surface area contributed by atoms with Gasteiger partial charge < -0.3 is 5.32 Å². The second-order valence-electron chi connectivity index (χ2n) is 4.41. The van der Waals surface area contributed by atoms with E-state index in [1.165, 1.54) is 4.90 Å². The standard InChI is InChI=1S/C13H15ClN2O2S/c1-8-3-4-10(9(2)7-8)15-11-12(17)16(6-5-14)13(18)19-11/h3-4,7,11,15H,5-6H2,1-2H3/t11-/m1/s1. The summed E-state index contributed by atoms with van der Waals surface area (Å²) in [5, 5.41) is 2.31. The van der Waals surface area contributed by atoms with Crippen molar-refractivity contribution in [1.29, 1.82) is 0 Å². The lowest BCUT2D eigenvalue weighted by Crippen LogP contribution is -2.35. The van der Waals surface area contributed by atoms with E-state index in [9.17, 15) is 9.59 Å². The molecule has 4 nitrogen and oxygen atoms in total. The van der Waals surface area contributed by atoms with E-state index in [0.717, 1.165) is 28.6 Å². The molecule has 1 saturated heterocycles. The minimum Gasteiger partial charge on any atom is -0.365 e. The van der Waals surface area contributed by atoms with Gasteiger partial charge in [0.15, 0.2) is 5.37 Å². The Morgan fingerprint density at radius 2 is 2.11 bits per heavy atom. The highest BCUT2D eigenvalue weighted by Gasteiger charge is 2.39. The van der Waals surface area contributed by atoms with Crippen molar-refractivity contribution in [3.05, 3.63) is 29.3 Å². The average Bonchev–Trinajstić information content (AvgIpc) is 2.61. The first-order chi connectivity index (χ1) is 9.02. The average molecular weight is 299 g/mol. The van der Waals surface area contributed by atoms with Crippen LogP contribution in [0.4, 0.5) is 10.5 Å². The molecule has 2 rings (SSSR count). The lowest BCUT2D eigenvalue weighted by atomic mass is 10.1. The maximum absolute atomic E-state index is 12.1. The third kappa shape index (κ3) is 3.04. The van der Waals surface area contributed by atoms with Crippen LogP contribution in [0, 0.1) is 13.8 Å². The number of alkyl halides is 1. The molecule has 1 aliphatic heterocycles. The number of nitrogens with zero attached hydrogens (tertiary/aromatic N) is 1. The van der Waals surface area contributed by atoms with Gasteiger partial charge in [0.1, 0.15) is 0 Å². The number of nitrogens with one attached hydrogen (secondary N) is 1. The van der Waals surface area contributed by atoms with Crippen LogP contribution in [0.5, 0.6) is 0 Å². The molecular weight excluding hydrogens is 284 g/mol. The molecule has 0 unspecified atom stereocenters. The lowest BCUT2D eigenvalue weighted by Gasteiger charge is -2.15. The number of carbonyl (C=O) groups is 2. The molecule has 1 aliphatic rings. The number of benzene rings is 1. The molecule has 0 bridgehead atoms. The molecule has 2 amide bonds. The fourth-order valence-electron chi connectivity index (χ4n) is 1.94. The first-order valence-electron chi connectivity index (χ1n) is 5.94. The van der Waals surface area contributed by atoms with Gasteiger partial charge in [0.25, 0.3) is 11.1 Å². The Kier molecular flexibility index (Phi) is 4.37. The highest BCUT2D eigenvalue weighted by atomic mass is 35.5. The van der Waals surface area contributed by atoms with E-state index in [4.69, 9.17) is 11.6 Å². The zero-order chi connectivity index (χ0) is 14.0. The minimum absolute atomic E-state index is 0.226. The Morgan fingerprint density at radius 1 is 1.37 bits per heavy atom. The Bertz CT molecular complexity index is 521. The quantitative estimate of drug-likeness (QED) is 0.868. The van der Waals surface area contributed by atoms with Crippen LogP contribution in [-0.2, 0) is 4.79 Å². The summed E-state index contributed by atoms with van der Waals surface area (Å²) < 4.78 is 0. The van der Waals surface area contributed by atoms with Crippen molar-refractivity contribution >= 4 is 40.2 Å². The Hall–Kier alpha value is -1.20. The van der Waals surface area contributed by atoms with Gasteiger partial charge in [0, 0.05) is 18.1 Å². The monoisotopic (exact) mass is 298 g/mol. The van der Waals surface area contributed by atoms with Crippen LogP contribution in [-0.4, -0.2) is 33.8 Å². The fourth-order valence-corrected chi connectivity index (χ4v) is 3.03. The zero-order valence-corrected chi connectivity index (χ0v) is 12.3. The number of hydrogen-bond acceptors (Lipinski definition) is 4. The zero-order valence-electron chi connectivity index (χ0n) is 10.8. The van der Waals surface area contributed by atoms with Crippen LogP contribution in [0.2, 0.25) is 0 Å². The molecule has 6 heteroatoms. The highest BCUT2D eigenvalue weighted by molar-refractivity contribution is 8.15. The second kappa shape index (κ2) is 5.84. The number of rotatable bonds is 4. The topological polar surface area (TPSA) is 49.4 Å². The van der Waals surface area contributed by atoms with Gasteiger partial charge in [0.05, 0.1) is 0 Å².